The van der Waals surface area contributed by atoms with Gasteiger partial charge in [-0.1, -0.05) is 13.0 Å². The maximum Gasteiger partial charge on any atom is 0.0513 e. The third-order valence-corrected chi connectivity index (χ3v) is 4.24. The van der Waals surface area contributed by atoms with Crippen LogP contribution in [0.5, 0.6) is 0 Å². The van der Waals surface area contributed by atoms with Crippen LogP contribution in [0.3, 0.4) is 0 Å². The second kappa shape index (κ2) is 5.87. The fraction of sp³-hybridized carbons (Fsp3) is 0.571. The maximum absolute atomic E-state index is 5.59. The lowest BCUT2D eigenvalue weighted by Gasteiger charge is -2.27. The van der Waals surface area contributed by atoms with Crippen LogP contribution in [0.4, 0.5) is 5.69 Å². The smallest absolute Gasteiger partial charge is 0.0513 e. The first-order valence-corrected chi connectivity index (χ1v) is 7.30. The average Bonchev–Trinajstić information content (AvgIpc) is 2.77. The summed E-state index contributed by atoms with van der Waals surface area (Å²) in [6, 6.07) is 7.38. The molecule has 0 saturated carbocycles. The Kier molecular flexibility index (Phi) is 4.46. The van der Waals surface area contributed by atoms with Gasteiger partial charge >= 0.3 is 0 Å². The van der Waals surface area contributed by atoms with Crippen LogP contribution in [0.25, 0.3) is 0 Å². The van der Waals surface area contributed by atoms with Gasteiger partial charge in [0, 0.05) is 17.1 Å². The zero-order chi connectivity index (χ0) is 12.3. The lowest BCUT2D eigenvalue weighted by atomic mass is 10.1. The lowest BCUT2D eigenvalue weighted by Crippen LogP contribution is -2.28. The van der Waals surface area contributed by atoms with Crippen LogP contribution < -0.4 is 10.6 Å². The van der Waals surface area contributed by atoms with Crippen molar-refractivity contribution in [2.45, 2.75) is 38.6 Å². The molecule has 0 amide bonds. The van der Waals surface area contributed by atoms with Crippen LogP contribution in [-0.4, -0.2) is 19.1 Å². The fourth-order valence-electron chi connectivity index (χ4n) is 2.68. The van der Waals surface area contributed by atoms with Crippen molar-refractivity contribution >= 4 is 21.6 Å². The molecule has 0 aliphatic carbocycles. The molecule has 1 aromatic carbocycles. The molecule has 94 valence electrons. The fourth-order valence-corrected chi connectivity index (χ4v) is 3.34. The van der Waals surface area contributed by atoms with Gasteiger partial charge in [0.25, 0.3) is 0 Å². The molecule has 2 N–H and O–H groups in total. The number of rotatable bonds is 4. The molecule has 2 nitrogen and oxygen atoms in total. The van der Waals surface area contributed by atoms with Crippen molar-refractivity contribution in [3.63, 3.8) is 0 Å². The summed E-state index contributed by atoms with van der Waals surface area (Å²) in [6.07, 6.45) is 4.83. The van der Waals surface area contributed by atoms with Gasteiger partial charge in [-0.3, -0.25) is 0 Å². The number of nitrogens with zero attached hydrogens (tertiary/aromatic N) is 1. The molecule has 1 heterocycles. The highest BCUT2D eigenvalue weighted by Crippen LogP contribution is 2.33. The molecule has 0 bridgehead atoms. The second-order valence-corrected chi connectivity index (χ2v) is 5.58. The third kappa shape index (κ3) is 2.83. The normalized spacial score (nSPS) is 19.9. The molecule has 1 atom stereocenters. The first kappa shape index (κ1) is 12.9. The molecule has 17 heavy (non-hydrogen) atoms. The van der Waals surface area contributed by atoms with Crippen molar-refractivity contribution in [2.75, 3.05) is 18.0 Å². The third-order valence-electron chi connectivity index (χ3n) is 3.60. The van der Waals surface area contributed by atoms with Gasteiger partial charge in [-0.2, -0.15) is 0 Å². The van der Waals surface area contributed by atoms with Gasteiger partial charge in [0.1, 0.15) is 0 Å². The average molecular weight is 297 g/mol. The molecule has 1 saturated heterocycles. The summed E-state index contributed by atoms with van der Waals surface area (Å²) >= 11 is 3.70. The summed E-state index contributed by atoms with van der Waals surface area (Å²) < 4.78 is 1.21. The summed E-state index contributed by atoms with van der Waals surface area (Å²) in [5.74, 6) is 0. The van der Waals surface area contributed by atoms with Crippen LogP contribution in [0.15, 0.2) is 22.7 Å². The predicted octanol–water partition coefficient (Wildman–Crippen LogP) is 3.33. The van der Waals surface area contributed by atoms with E-state index in [1.807, 2.05) is 0 Å². The summed E-state index contributed by atoms with van der Waals surface area (Å²) in [4.78, 5) is 2.54. The van der Waals surface area contributed by atoms with E-state index in [9.17, 15) is 0 Å². The first-order chi connectivity index (χ1) is 8.26. The van der Waals surface area contributed by atoms with Gasteiger partial charge in [0.15, 0.2) is 0 Å². The van der Waals surface area contributed by atoms with Gasteiger partial charge in [0.2, 0.25) is 0 Å². The van der Waals surface area contributed by atoms with Crippen LogP contribution in [0, 0.1) is 0 Å². The number of hydrogen-bond donors (Lipinski definition) is 1. The van der Waals surface area contributed by atoms with E-state index in [0.29, 0.717) is 12.6 Å². The van der Waals surface area contributed by atoms with Gasteiger partial charge in [-0.25, -0.2) is 0 Å². The van der Waals surface area contributed by atoms with Gasteiger partial charge < -0.3 is 10.6 Å². The highest BCUT2D eigenvalue weighted by atomic mass is 79.9. The van der Waals surface area contributed by atoms with E-state index in [1.54, 1.807) is 0 Å². The lowest BCUT2D eigenvalue weighted by molar-refractivity contribution is 0.645. The van der Waals surface area contributed by atoms with E-state index in [-0.39, 0.29) is 0 Å². The Labute approximate surface area is 112 Å². The van der Waals surface area contributed by atoms with E-state index >= 15 is 0 Å². The van der Waals surface area contributed by atoms with Gasteiger partial charge in [0.05, 0.1) is 5.69 Å². The number of benzene rings is 1. The van der Waals surface area contributed by atoms with Crippen molar-refractivity contribution in [3.05, 3.63) is 28.2 Å². The zero-order valence-corrected chi connectivity index (χ0v) is 12.0. The van der Waals surface area contributed by atoms with E-state index in [2.05, 4.69) is 46.0 Å². The van der Waals surface area contributed by atoms with Gasteiger partial charge in [-0.15, -0.1) is 0 Å². The molecule has 1 unspecified atom stereocenters. The molecule has 1 aromatic rings. The van der Waals surface area contributed by atoms with Crippen molar-refractivity contribution in [2.24, 2.45) is 5.73 Å². The molecule has 1 aliphatic heterocycles. The predicted molar refractivity (Wildman–Crippen MR) is 77.6 cm³/mol. The Morgan fingerprint density at radius 2 is 2.29 bits per heavy atom. The van der Waals surface area contributed by atoms with Crippen molar-refractivity contribution in [3.8, 4) is 0 Å². The molecular formula is C14H21BrN2. The van der Waals surface area contributed by atoms with Gasteiger partial charge in [-0.05, 0) is 65.9 Å². The highest BCUT2D eigenvalue weighted by molar-refractivity contribution is 9.10. The topological polar surface area (TPSA) is 29.3 Å². The summed E-state index contributed by atoms with van der Waals surface area (Å²) in [7, 11) is 0. The Bertz CT molecular complexity index is 378. The monoisotopic (exact) mass is 296 g/mol. The Morgan fingerprint density at radius 3 is 2.94 bits per heavy atom. The number of nitrogens with two attached hydrogens (primary N) is 1. The first-order valence-electron chi connectivity index (χ1n) is 6.51. The summed E-state index contributed by atoms with van der Waals surface area (Å²) in [5.41, 5.74) is 8.25. The Morgan fingerprint density at radius 1 is 1.47 bits per heavy atom. The Balaban J connectivity index is 2.20. The number of hydrogen-bond acceptors (Lipinski definition) is 2. The van der Waals surface area contributed by atoms with Crippen LogP contribution >= 0.6 is 15.9 Å². The summed E-state index contributed by atoms with van der Waals surface area (Å²) in [6.45, 7) is 4.18. The molecule has 3 heteroatoms. The largest absolute Gasteiger partial charge is 0.368 e. The minimum absolute atomic E-state index is 0.714. The number of anilines is 1. The molecule has 1 aliphatic rings. The molecular weight excluding hydrogens is 276 g/mol. The molecule has 0 radical (unpaired) electrons. The molecule has 0 aromatic heterocycles. The SMILES string of the molecule is CCC1CCCN1c1ccc(CCN)cc1Br. The zero-order valence-electron chi connectivity index (χ0n) is 10.5. The summed E-state index contributed by atoms with van der Waals surface area (Å²) in [5, 5.41) is 0. The van der Waals surface area contributed by atoms with E-state index in [0.717, 1.165) is 6.42 Å². The minimum Gasteiger partial charge on any atom is -0.368 e. The van der Waals surface area contributed by atoms with Crippen LogP contribution in [0.1, 0.15) is 31.7 Å². The maximum atomic E-state index is 5.59. The molecule has 2 rings (SSSR count). The van der Waals surface area contributed by atoms with Crippen molar-refractivity contribution < 1.29 is 0 Å². The highest BCUT2D eigenvalue weighted by Gasteiger charge is 2.24. The van der Waals surface area contributed by atoms with Crippen LogP contribution in [-0.2, 0) is 6.42 Å². The molecule has 0 spiro atoms. The number of halogens is 1. The standard InChI is InChI=1S/C14H21BrN2/c1-2-12-4-3-9-17(12)14-6-5-11(7-8-16)10-13(14)15/h5-6,10,12H,2-4,7-9,16H2,1H3. The molecule has 1 fully saturated rings. The quantitative estimate of drug-likeness (QED) is 0.923. The van der Waals surface area contributed by atoms with Crippen molar-refractivity contribution in [1.82, 2.24) is 0 Å². The van der Waals surface area contributed by atoms with Crippen molar-refractivity contribution in [1.29, 1.82) is 0 Å². The minimum atomic E-state index is 0.714. The second-order valence-electron chi connectivity index (χ2n) is 4.72. The van der Waals surface area contributed by atoms with E-state index in [1.165, 1.54) is 41.5 Å². The van der Waals surface area contributed by atoms with E-state index < -0.39 is 0 Å². The van der Waals surface area contributed by atoms with Crippen LogP contribution in [0.2, 0.25) is 0 Å². The van der Waals surface area contributed by atoms with E-state index in [4.69, 9.17) is 5.73 Å². The Hall–Kier alpha value is -0.540.